The smallest absolute Gasteiger partial charge is 0.313 e. The highest BCUT2D eigenvalue weighted by Gasteiger charge is 2.23. The quantitative estimate of drug-likeness (QED) is 0.818. The van der Waals surface area contributed by atoms with Crippen LogP contribution in [0.5, 0.6) is 0 Å². The molecule has 1 saturated heterocycles. The third-order valence-electron chi connectivity index (χ3n) is 3.70. The number of carboxylic acid groups (broad SMARTS) is 1. The molecule has 0 saturated carbocycles. The Hall–Kier alpha value is -1.01. The molecule has 1 aromatic heterocycles. The molecule has 1 N–H and O–H groups in total. The minimum absolute atomic E-state index is 0.00120. The fourth-order valence-electron chi connectivity index (χ4n) is 2.54. The average molecular weight is 312 g/mol. The first-order chi connectivity index (χ1) is 9.88. The summed E-state index contributed by atoms with van der Waals surface area (Å²) >= 11 is 1.30. The number of thioether (sulfide) groups is 1. The second-order valence-corrected chi connectivity index (χ2v) is 7.47. The Morgan fingerprint density at radius 2 is 2.33 bits per heavy atom. The van der Waals surface area contributed by atoms with Crippen molar-refractivity contribution in [3.8, 4) is 0 Å². The molecule has 1 aliphatic rings. The highest BCUT2D eigenvalue weighted by molar-refractivity contribution is 7.99. The molecular weight excluding hydrogens is 288 g/mol. The average Bonchev–Trinajstić information content (AvgIpc) is 3.02. The van der Waals surface area contributed by atoms with Gasteiger partial charge in [0.2, 0.25) is 0 Å². The fourth-order valence-corrected chi connectivity index (χ4v) is 3.26. The summed E-state index contributed by atoms with van der Waals surface area (Å²) in [6, 6.07) is 0. The number of ether oxygens (including phenoxy) is 1. The standard InChI is InChI=1S/C15H24N2O3S/c1-15(2,3)12-8-16-14(21-10-13(18)19)17(12)6-4-11-5-7-20-9-11/h8,11H,4-7,9-10H2,1-3H3,(H,18,19). The second-order valence-electron chi connectivity index (χ2n) is 6.53. The summed E-state index contributed by atoms with van der Waals surface area (Å²) in [5.74, 6) is -0.152. The highest BCUT2D eigenvalue weighted by Crippen LogP contribution is 2.29. The predicted molar refractivity (Wildman–Crippen MR) is 82.8 cm³/mol. The van der Waals surface area contributed by atoms with Crippen LogP contribution in [0.3, 0.4) is 0 Å². The van der Waals surface area contributed by atoms with Crippen LogP contribution in [0.1, 0.15) is 39.3 Å². The van der Waals surface area contributed by atoms with Crippen molar-refractivity contribution in [2.45, 2.75) is 50.7 Å². The molecule has 0 aliphatic carbocycles. The molecule has 0 amide bonds. The zero-order valence-electron chi connectivity index (χ0n) is 13.0. The van der Waals surface area contributed by atoms with E-state index in [1.54, 1.807) is 0 Å². The number of nitrogens with zero attached hydrogens (tertiary/aromatic N) is 2. The monoisotopic (exact) mass is 312 g/mol. The normalized spacial score (nSPS) is 19.1. The Kier molecular flexibility index (Phi) is 5.32. The van der Waals surface area contributed by atoms with Crippen molar-refractivity contribution in [1.82, 2.24) is 9.55 Å². The molecule has 118 valence electrons. The summed E-state index contributed by atoms with van der Waals surface area (Å²) in [6.07, 6.45) is 4.06. The van der Waals surface area contributed by atoms with E-state index in [9.17, 15) is 4.79 Å². The molecule has 21 heavy (non-hydrogen) atoms. The van der Waals surface area contributed by atoms with Gasteiger partial charge < -0.3 is 14.4 Å². The van der Waals surface area contributed by atoms with Gasteiger partial charge in [-0.1, -0.05) is 32.5 Å². The van der Waals surface area contributed by atoms with E-state index in [1.807, 2.05) is 6.20 Å². The van der Waals surface area contributed by atoms with Gasteiger partial charge in [-0.2, -0.15) is 0 Å². The van der Waals surface area contributed by atoms with Crippen LogP contribution in [0.15, 0.2) is 11.4 Å². The van der Waals surface area contributed by atoms with Gasteiger partial charge in [0.25, 0.3) is 0 Å². The van der Waals surface area contributed by atoms with Crippen LogP contribution in [-0.4, -0.2) is 39.6 Å². The maximum absolute atomic E-state index is 10.8. The van der Waals surface area contributed by atoms with Gasteiger partial charge >= 0.3 is 5.97 Å². The van der Waals surface area contributed by atoms with Crippen LogP contribution in [-0.2, 0) is 21.5 Å². The van der Waals surface area contributed by atoms with E-state index < -0.39 is 5.97 Å². The first-order valence-electron chi connectivity index (χ1n) is 7.36. The number of hydrogen-bond donors (Lipinski definition) is 1. The molecule has 0 spiro atoms. The predicted octanol–water partition coefficient (Wildman–Crippen LogP) is 2.78. The topological polar surface area (TPSA) is 64.3 Å². The fraction of sp³-hybridized carbons (Fsp3) is 0.733. The Morgan fingerprint density at radius 3 is 2.90 bits per heavy atom. The third kappa shape index (κ3) is 4.48. The van der Waals surface area contributed by atoms with Crippen molar-refractivity contribution >= 4 is 17.7 Å². The van der Waals surface area contributed by atoms with Crippen molar-refractivity contribution in [3.63, 3.8) is 0 Å². The van der Waals surface area contributed by atoms with Crippen LogP contribution in [0.2, 0.25) is 0 Å². The lowest BCUT2D eigenvalue weighted by Crippen LogP contribution is -2.19. The summed E-state index contributed by atoms with van der Waals surface area (Å²) in [5.41, 5.74) is 1.16. The summed E-state index contributed by atoms with van der Waals surface area (Å²) in [7, 11) is 0. The minimum atomic E-state index is -0.809. The number of aliphatic carboxylic acids is 1. The summed E-state index contributed by atoms with van der Waals surface area (Å²) in [6.45, 7) is 9.06. The van der Waals surface area contributed by atoms with Crippen LogP contribution >= 0.6 is 11.8 Å². The number of hydrogen-bond acceptors (Lipinski definition) is 4. The number of rotatable bonds is 6. The zero-order chi connectivity index (χ0) is 15.5. The van der Waals surface area contributed by atoms with Gasteiger partial charge in [-0.15, -0.1) is 0 Å². The van der Waals surface area contributed by atoms with E-state index in [0.29, 0.717) is 5.92 Å². The van der Waals surface area contributed by atoms with Crippen molar-refractivity contribution in [2.75, 3.05) is 19.0 Å². The third-order valence-corrected chi connectivity index (χ3v) is 4.67. The van der Waals surface area contributed by atoms with E-state index >= 15 is 0 Å². The van der Waals surface area contributed by atoms with E-state index in [2.05, 4.69) is 30.3 Å². The van der Waals surface area contributed by atoms with Crippen molar-refractivity contribution in [2.24, 2.45) is 5.92 Å². The summed E-state index contributed by atoms with van der Waals surface area (Å²) in [5, 5.41) is 9.67. The van der Waals surface area contributed by atoms with E-state index in [4.69, 9.17) is 9.84 Å². The molecule has 2 heterocycles. The number of imidazole rings is 1. The Bertz CT molecular complexity index is 488. The molecule has 0 bridgehead atoms. The number of carboxylic acids is 1. The molecule has 0 radical (unpaired) electrons. The maximum Gasteiger partial charge on any atom is 0.313 e. The molecule has 1 unspecified atom stereocenters. The molecule has 1 atom stereocenters. The SMILES string of the molecule is CC(C)(C)c1cnc(SCC(=O)O)n1CCC1CCOC1. The lowest BCUT2D eigenvalue weighted by atomic mass is 9.92. The Labute approximate surface area is 130 Å². The lowest BCUT2D eigenvalue weighted by Gasteiger charge is -2.22. The van der Waals surface area contributed by atoms with E-state index in [0.717, 1.165) is 43.5 Å². The largest absolute Gasteiger partial charge is 0.481 e. The molecule has 1 fully saturated rings. The first-order valence-corrected chi connectivity index (χ1v) is 8.35. The van der Waals surface area contributed by atoms with Gasteiger partial charge in [0.1, 0.15) is 0 Å². The van der Waals surface area contributed by atoms with Crippen molar-refractivity contribution < 1.29 is 14.6 Å². The van der Waals surface area contributed by atoms with Crippen molar-refractivity contribution in [3.05, 3.63) is 11.9 Å². The molecule has 6 heteroatoms. The van der Waals surface area contributed by atoms with Gasteiger partial charge in [-0.3, -0.25) is 4.79 Å². The maximum atomic E-state index is 10.8. The van der Waals surface area contributed by atoms with Gasteiger partial charge in [0, 0.05) is 37.1 Å². The van der Waals surface area contributed by atoms with Gasteiger partial charge in [-0.25, -0.2) is 4.98 Å². The molecular formula is C15H24N2O3S. The summed E-state index contributed by atoms with van der Waals surface area (Å²) in [4.78, 5) is 15.2. The van der Waals surface area contributed by atoms with Crippen LogP contribution < -0.4 is 0 Å². The molecule has 5 nitrogen and oxygen atoms in total. The molecule has 2 rings (SSSR count). The van der Waals surface area contributed by atoms with E-state index in [1.165, 1.54) is 11.8 Å². The van der Waals surface area contributed by atoms with Crippen LogP contribution in [0, 0.1) is 5.92 Å². The molecule has 0 aromatic carbocycles. The number of carbonyl (C=O) groups is 1. The molecule has 1 aromatic rings. The van der Waals surface area contributed by atoms with Crippen molar-refractivity contribution in [1.29, 1.82) is 0 Å². The first kappa shape index (κ1) is 16.4. The Morgan fingerprint density at radius 1 is 1.57 bits per heavy atom. The van der Waals surface area contributed by atoms with Crippen LogP contribution in [0.25, 0.3) is 0 Å². The lowest BCUT2D eigenvalue weighted by molar-refractivity contribution is -0.133. The van der Waals surface area contributed by atoms with E-state index in [-0.39, 0.29) is 11.2 Å². The highest BCUT2D eigenvalue weighted by atomic mass is 32.2. The Balaban J connectivity index is 2.12. The van der Waals surface area contributed by atoms with Crippen LogP contribution in [0.4, 0.5) is 0 Å². The summed E-state index contributed by atoms with van der Waals surface area (Å²) < 4.78 is 7.61. The second kappa shape index (κ2) is 6.83. The van der Waals surface area contributed by atoms with Gasteiger partial charge in [-0.05, 0) is 18.8 Å². The molecule has 1 aliphatic heterocycles. The number of aromatic nitrogens is 2. The minimum Gasteiger partial charge on any atom is -0.481 e. The van der Waals surface area contributed by atoms with Gasteiger partial charge in [0.05, 0.1) is 5.75 Å². The van der Waals surface area contributed by atoms with Gasteiger partial charge in [0.15, 0.2) is 5.16 Å². The zero-order valence-corrected chi connectivity index (χ0v) is 13.8.